The van der Waals surface area contributed by atoms with Gasteiger partial charge in [0.15, 0.2) is 0 Å². The van der Waals surface area contributed by atoms with Gasteiger partial charge in [-0.2, -0.15) is 8.78 Å². The van der Waals surface area contributed by atoms with Gasteiger partial charge in [-0.05, 0) is 13.0 Å². The van der Waals surface area contributed by atoms with Gasteiger partial charge in [-0.25, -0.2) is 9.18 Å². The van der Waals surface area contributed by atoms with E-state index in [1.807, 2.05) is 0 Å². The minimum atomic E-state index is -4.07. The molecule has 0 saturated heterocycles. The minimum absolute atomic E-state index is 0. The first kappa shape index (κ1) is 18.3. The van der Waals surface area contributed by atoms with E-state index in [0.717, 1.165) is 12.1 Å². The Morgan fingerprint density at radius 2 is 2.05 bits per heavy atom. The van der Waals surface area contributed by atoms with E-state index in [1.54, 1.807) is 0 Å². The normalized spacial score (nSPS) is 12.4. The summed E-state index contributed by atoms with van der Waals surface area (Å²) in [5.74, 6) is -7.80. The summed E-state index contributed by atoms with van der Waals surface area (Å²) >= 11 is 0. The molecule has 5 nitrogen and oxygen atoms in total. The molecule has 1 aromatic carbocycles. The first-order chi connectivity index (χ1) is 8.73. The lowest BCUT2D eigenvalue weighted by Gasteiger charge is -2.23. The maximum atomic E-state index is 13.7. The number of alkyl halides is 2. The van der Waals surface area contributed by atoms with E-state index in [9.17, 15) is 23.1 Å². The summed E-state index contributed by atoms with van der Waals surface area (Å²) in [7, 11) is 0. The van der Waals surface area contributed by atoms with Crippen LogP contribution in [0.15, 0.2) is 12.1 Å². The van der Waals surface area contributed by atoms with Crippen LogP contribution in [0.3, 0.4) is 0 Å². The summed E-state index contributed by atoms with van der Waals surface area (Å²) in [5.41, 5.74) is 9.13. The third kappa shape index (κ3) is 3.26. The minimum Gasteiger partial charge on any atom is -0.505 e. The average Bonchev–Trinajstić information content (AvgIpc) is 2.35. The number of rotatable bonds is 4. The zero-order valence-corrected chi connectivity index (χ0v) is 11.2. The molecule has 1 rings (SSSR count). The first-order valence-electron chi connectivity index (χ1n) is 5.30. The molecule has 20 heavy (non-hydrogen) atoms. The van der Waals surface area contributed by atoms with Crippen LogP contribution in [0.25, 0.3) is 0 Å². The van der Waals surface area contributed by atoms with Crippen molar-refractivity contribution in [3.63, 3.8) is 0 Å². The van der Waals surface area contributed by atoms with E-state index in [4.69, 9.17) is 11.5 Å². The van der Waals surface area contributed by atoms with Crippen LogP contribution >= 0.6 is 12.4 Å². The van der Waals surface area contributed by atoms with Crippen molar-refractivity contribution >= 4 is 24.1 Å². The molecule has 0 saturated carbocycles. The lowest BCUT2D eigenvalue weighted by molar-refractivity contribution is -0.174. The Balaban J connectivity index is 0.00000361. The van der Waals surface area contributed by atoms with Crippen LogP contribution in [0, 0.1) is 5.82 Å². The second kappa shape index (κ2) is 6.67. The van der Waals surface area contributed by atoms with Crippen molar-refractivity contribution in [2.45, 2.75) is 18.9 Å². The van der Waals surface area contributed by atoms with Crippen LogP contribution in [-0.2, 0) is 9.53 Å². The van der Waals surface area contributed by atoms with Gasteiger partial charge in [0.2, 0.25) is 0 Å². The zero-order valence-electron chi connectivity index (χ0n) is 10.4. The van der Waals surface area contributed by atoms with Gasteiger partial charge in [-0.15, -0.1) is 12.4 Å². The number of phenols is 1. The van der Waals surface area contributed by atoms with Crippen molar-refractivity contribution in [1.82, 2.24) is 0 Å². The molecule has 0 unspecified atom stereocenters. The van der Waals surface area contributed by atoms with Crippen LogP contribution in [0.5, 0.6) is 5.75 Å². The lowest BCUT2D eigenvalue weighted by atomic mass is 9.99. The molecular formula is C11H14ClF3N2O3. The molecule has 0 heterocycles. The van der Waals surface area contributed by atoms with Crippen LogP contribution < -0.4 is 11.5 Å². The van der Waals surface area contributed by atoms with Crippen LogP contribution in [0.4, 0.5) is 18.9 Å². The van der Waals surface area contributed by atoms with Gasteiger partial charge >= 0.3 is 11.9 Å². The Hall–Kier alpha value is -1.67. The van der Waals surface area contributed by atoms with Gasteiger partial charge in [0.1, 0.15) is 23.3 Å². The lowest BCUT2D eigenvalue weighted by Crippen LogP contribution is -2.41. The maximum absolute atomic E-state index is 13.7. The number of phenolic OH excluding ortho intramolecular Hbond substituents is 1. The second-order valence-corrected chi connectivity index (χ2v) is 3.72. The molecule has 5 N–H and O–H groups in total. The largest absolute Gasteiger partial charge is 0.505 e. The molecule has 1 aromatic rings. The highest BCUT2D eigenvalue weighted by Crippen LogP contribution is 2.38. The number of carbonyl (C=O) groups is 1. The van der Waals surface area contributed by atoms with E-state index < -0.39 is 40.8 Å². The summed E-state index contributed by atoms with van der Waals surface area (Å²) in [6.45, 7) is 1.10. The highest BCUT2D eigenvalue weighted by atomic mass is 35.5. The third-order valence-electron chi connectivity index (χ3n) is 2.47. The van der Waals surface area contributed by atoms with Crippen molar-refractivity contribution < 1.29 is 27.8 Å². The number of anilines is 1. The molecule has 114 valence electrons. The van der Waals surface area contributed by atoms with Crippen molar-refractivity contribution in [3.8, 4) is 5.75 Å². The number of benzene rings is 1. The third-order valence-corrected chi connectivity index (χ3v) is 2.47. The number of halogens is 4. The highest BCUT2D eigenvalue weighted by molar-refractivity contribution is 5.85. The van der Waals surface area contributed by atoms with E-state index >= 15 is 0 Å². The van der Waals surface area contributed by atoms with Crippen LogP contribution in [0.2, 0.25) is 0 Å². The van der Waals surface area contributed by atoms with Crippen molar-refractivity contribution in [2.75, 3.05) is 12.3 Å². The van der Waals surface area contributed by atoms with Gasteiger partial charge in [-0.3, -0.25) is 0 Å². The van der Waals surface area contributed by atoms with Crippen molar-refractivity contribution in [2.24, 2.45) is 5.73 Å². The molecule has 0 fully saturated rings. The maximum Gasteiger partial charge on any atom is 0.379 e. The number of ether oxygens (including phenoxy) is 1. The fourth-order valence-electron chi connectivity index (χ4n) is 1.40. The Labute approximate surface area is 119 Å². The molecule has 0 spiro atoms. The van der Waals surface area contributed by atoms with E-state index in [0.29, 0.717) is 0 Å². The highest BCUT2D eigenvalue weighted by Gasteiger charge is 2.48. The number of nitrogen functional groups attached to an aromatic ring is 1. The van der Waals surface area contributed by atoms with Gasteiger partial charge in [0, 0.05) is 5.56 Å². The molecule has 0 bridgehead atoms. The number of carbonyl (C=O) groups excluding carboxylic acids is 1. The Morgan fingerprint density at radius 1 is 1.50 bits per heavy atom. The number of aromatic hydroxyl groups is 1. The van der Waals surface area contributed by atoms with Gasteiger partial charge < -0.3 is 21.3 Å². The van der Waals surface area contributed by atoms with Gasteiger partial charge in [0.25, 0.3) is 0 Å². The average molecular weight is 315 g/mol. The fraction of sp³-hybridized carbons (Fsp3) is 0.364. The number of hydrogen-bond acceptors (Lipinski definition) is 5. The number of hydrogen-bond donors (Lipinski definition) is 3. The van der Waals surface area contributed by atoms with Crippen molar-refractivity contribution in [1.29, 1.82) is 0 Å². The number of nitrogens with two attached hydrogens (primary N) is 2. The summed E-state index contributed by atoms with van der Waals surface area (Å²) in [6, 6.07) is -0.598. The molecule has 0 aromatic heterocycles. The van der Waals surface area contributed by atoms with Gasteiger partial charge in [0.05, 0.1) is 6.61 Å². The summed E-state index contributed by atoms with van der Waals surface area (Å²) in [5, 5.41) is 9.49. The SMILES string of the molecule is CCOC(=O)C(F)(F)[C@@H](N)c1ccc(F)c(N)c1O.Cl. The molecule has 0 aliphatic rings. The van der Waals surface area contributed by atoms with Crippen LogP contribution in [-0.4, -0.2) is 23.6 Å². The summed E-state index contributed by atoms with van der Waals surface area (Å²) < 4.78 is 44.5. The molecular weight excluding hydrogens is 301 g/mol. The molecule has 0 aliphatic carbocycles. The standard InChI is InChI=1S/C11H13F3N2O3.ClH/c1-2-19-10(18)11(13,14)9(16)5-3-4-6(12)7(15)8(5)17;/h3-4,9,17H,2,15-16H2,1H3;1H/t9-;/m0./s1. The first-order valence-corrected chi connectivity index (χ1v) is 5.30. The predicted octanol–water partition coefficient (Wildman–Crippen LogP) is 1.73. The summed E-state index contributed by atoms with van der Waals surface area (Å²) in [4.78, 5) is 11.1. The Bertz CT molecular complexity index is 500. The van der Waals surface area contributed by atoms with Crippen molar-refractivity contribution in [3.05, 3.63) is 23.5 Å². The molecule has 0 aliphatic heterocycles. The van der Waals surface area contributed by atoms with Gasteiger partial charge in [-0.1, -0.05) is 6.07 Å². The fourth-order valence-corrected chi connectivity index (χ4v) is 1.40. The molecule has 1 atom stereocenters. The van der Waals surface area contributed by atoms with E-state index in [-0.39, 0.29) is 19.0 Å². The Kier molecular flexibility index (Phi) is 6.11. The quantitative estimate of drug-likeness (QED) is 0.446. The summed E-state index contributed by atoms with van der Waals surface area (Å²) in [6.07, 6.45) is 0. The Morgan fingerprint density at radius 3 is 2.55 bits per heavy atom. The molecule has 0 amide bonds. The molecule has 0 radical (unpaired) electrons. The van der Waals surface area contributed by atoms with Crippen LogP contribution in [0.1, 0.15) is 18.5 Å². The monoisotopic (exact) mass is 314 g/mol. The topological polar surface area (TPSA) is 98.6 Å². The predicted molar refractivity (Wildman–Crippen MR) is 68.2 cm³/mol. The molecule has 9 heteroatoms. The van der Waals surface area contributed by atoms with E-state index in [1.165, 1.54) is 6.92 Å². The zero-order chi connectivity index (χ0) is 14.8. The van der Waals surface area contributed by atoms with E-state index in [2.05, 4.69) is 4.74 Å². The smallest absolute Gasteiger partial charge is 0.379 e. The second-order valence-electron chi connectivity index (χ2n) is 3.72. The number of esters is 1.